The lowest BCUT2D eigenvalue weighted by atomic mass is 10.3. The third-order valence-electron chi connectivity index (χ3n) is 2.00. The smallest absolute Gasteiger partial charge is 0.313 e. The van der Waals surface area contributed by atoms with E-state index in [0.717, 1.165) is 0 Å². The van der Waals surface area contributed by atoms with Gasteiger partial charge < -0.3 is 24.4 Å². The summed E-state index contributed by atoms with van der Waals surface area (Å²) in [7, 11) is 3.85. The fourth-order valence-corrected chi connectivity index (χ4v) is 0.925. The van der Waals surface area contributed by atoms with Crippen LogP contribution in [0.3, 0.4) is 0 Å². The van der Waals surface area contributed by atoms with Gasteiger partial charge in [-0.2, -0.15) is 0 Å². The van der Waals surface area contributed by atoms with Crippen LogP contribution in [0.1, 0.15) is 40.0 Å². The summed E-state index contributed by atoms with van der Waals surface area (Å²) in [6, 6.07) is 0. The van der Waals surface area contributed by atoms with E-state index in [2.05, 4.69) is 14.2 Å². The average molecular weight is 352 g/mol. The van der Waals surface area contributed by atoms with Crippen molar-refractivity contribution in [2.24, 2.45) is 0 Å². The first-order valence-corrected chi connectivity index (χ1v) is 7.06. The van der Waals surface area contributed by atoms with Crippen molar-refractivity contribution in [1.29, 1.82) is 0 Å². The van der Waals surface area contributed by atoms with E-state index in [4.69, 9.17) is 10.2 Å². The van der Waals surface area contributed by atoms with Crippen LogP contribution in [0.15, 0.2) is 0 Å². The lowest BCUT2D eigenvalue weighted by Crippen LogP contribution is -2.10. The van der Waals surface area contributed by atoms with E-state index in [1.807, 2.05) is 0 Å². The molecule has 2 atom stereocenters. The first kappa shape index (κ1) is 26.9. The summed E-state index contributed by atoms with van der Waals surface area (Å²) >= 11 is 0. The lowest BCUT2D eigenvalue weighted by Gasteiger charge is -1.99. The Hall–Kier alpha value is -2.00. The summed E-state index contributed by atoms with van der Waals surface area (Å²) in [5.41, 5.74) is 0. The van der Waals surface area contributed by atoms with Gasteiger partial charge in [0, 0.05) is 0 Å². The van der Waals surface area contributed by atoms with Gasteiger partial charge in [0.05, 0.1) is 46.4 Å². The van der Waals surface area contributed by atoms with Crippen molar-refractivity contribution in [2.45, 2.75) is 52.2 Å². The third-order valence-corrected chi connectivity index (χ3v) is 2.00. The summed E-state index contributed by atoms with van der Waals surface area (Å²) in [6.07, 6.45) is -1.14. The number of esters is 3. The highest BCUT2D eigenvalue weighted by atomic mass is 16.5. The lowest BCUT2D eigenvalue weighted by molar-refractivity contribution is -0.144. The van der Waals surface area contributed by atoms with Crippen LogP contribution >= 0.6 is 0 Å². The van der Waals surface area contributed by atoms with Crippen LogP contribution in [-0.4, -0.2) is 67.4 Å². The van der Waals surface area contributed by atoms with Crippen molar-refractivity contribution < 1.29 is 43.6 Å². The first-order chi connectivity index (χ1) is 11.0. The van der Waals surface area contributed by atoms with Crippen LogP contribution in [0, 0.1) is 0 Å². The van der Waals surface area contributed by atoms with Gasteiger partial charge in [-0.3, -0.25) is 19.2 Å². The van der Waals surface area contributed by atoms with Crippen LogP contribution in [0.25, 0.3) is 0 Å². The highest BCUT2D eigenvalue weighted by Gasteiger charge is 2.04. The average Bonchev–Trinajstić information content (AvgIpc) is 2.46. The Bertz CT molecular complexity index is 353. The van der Waals surface area contributed by atoms with Gasteiger partial charge in [0.15, 0.2) is 0 Å². The molecule has 0 aromatic carbocycles. The Morgan fingerprint density at radius 1 is 0.750 bits per heavy atom. The quantitative estimate of drug-likeness (QED) is 0.384. The van der Waals surface area contributed by atoms with Gasteiger partial charge in [0.2, 0.25) is 0 Å². The fourth-order valence-electron chi connectivity index (χ4n) is 0.925. The molecule has 24 heavy (non-hydrogen) atoms. The van der Waals surface area contributed by atoms with E-state index in [1.165, 1.54) is 42.1 Å². The predicted molar refractivity (Wildman–Crippen MR) is 83.9 cm³/mol. The molecular formula is C15H28O9. The Balaban J connectivity index is -0.000000276. The molecule has 0 amide bonds. The number of ether oxygens (including phenoxy) is 3. The number of carbonyl (C=O) groups excluding carboxylic acids is 4. The van der Waals surface area contributed by atoms with Crippen molar-refractivity contribution in [1.82, 2.24) is 0 Å². The highest BCUT2D eigenvalue weighted by Crippen LogP contribution is 1.90. The number of rotatable bonds is 6. The first-order valence-electron chi connectivity index (χ1n) is 7.06. The number of carbonyl (C=O) groups is 4. The van der Waals surface area contributed by atoms with Gasteiger partial charge in [-0.15, -0.1) is 0 Å². The molecule has 9 heteroatoms. The molecule has 0 bridgehead atoms. The van der Waals surface area contributed by atoms with Gasteiger partial charge in [0.1, 0.15) is 12.2 Å². The van der Waals surface area contributed by atoms with Crippen LogP contribution in [0.5, 0.6) is 0 Å². The summed E-state index contributed by atoms with van der Waals surface area (Å²) in [5, 5.41) is 17.1. The number of aliphatic hydroxyl groups is 2. The van der Waals surface area contributed by atoms with Gasteiger partial charge in [-0.05, 0) is 20.8 Å². The van der Waals surface area contributed by atoms with Crippen molar-refractivity contribution in [3.05, 3.63) is 0 Å². The van der Waals surface area contributed by atoms with Gasteiger partial charge in [0.25, 0.3) is 0 Å². The summed E-state index contributed by atoms with van der Waals surface area (Å²) in [6.45, 7) is 4.42. The highest BCUT2D eigenvalue weighted by molar-refractivity contribution is 5.93. The Kier molecular flexibility index (Phi) is 19.4. The molecule has 0 aliphatic heterocycles. The zero-order valence-electron chi connectivity index (χ0n) is 15.0. The molecule has 0 radical (unpaired) electrons. The predicted octanol–water partition coefficient (Wildman–Crippen LogP) is -0.000900. The van der Waals surface area contributed by atoms with Crippen LogP contribution in [0.4, 0.5) is 0 Å². The van der Waals surface area contributed by atoms with Crippen LogP contribution in [-0.2, 0) is 33.4 Å². The topological polar surface area (TPSA) is 136 Å². The molecule has 0 aromatic rings. The molecule has 9 nitrogen and oxygen atoms in total. The summed E-state index contributed by atoms with van der Waals surface area (Å²) in [5.74, 6) is -1.39. The van der Waals surface area contributed by atoms with Gasteiger partial charge in [-0.1, -0.05) is 0 Å². The van der Waals surface area contributed by atoms with E-state index in [0.29, 0.717) is 0 Å². The Morgan fingerprint density at radius 2 is 1.04 bits per heavy atom. The molecule has 0 rings (SSSR count). The van der Waals surface area contributed by atoms with Crippen LogP contribution < -0.4 is 0 Å². The summed E-state index contributed by atoms with van der Waals surface area (Å²) in [4.78, 5) is 40.8. The molecular weight excluding hydrogens is 324 g/mol. The van der Waals surface area contributed by atoms with Crippen molar-refractivity contribution in [3.8, 4) is 0 Å². The minimum Gasteiger partial charge on any atom is -0.469 e. The number of Topliss-reactive ketones (excluding diaryl/α,β-unsaturated/α-hetero) is 1. The zero-order valence-corrected chi connectivity index (χ0v) is 15.0. The number of ketones is 1. The molecule has 0 fully saturated rings. The maximum absolute atomic E-state index is 10.2. The normalized spacial score (nSPS) is 11.3. The minimum absolute atomic E-state index is 0.0799. The summed E-state index contributed by atoms with van der Waals surface area (Å²) < 4.78 is 12.7. The number of hydrogen-bond acceptors (Lipinski definition) is 9. The van der Waals surface area contributed by atoms with E-state index in [-0.39, 0.29) is 37.0 Å². The number of hydrogen-bond donors (Lipinski definition) is 2. The standard InChI is InChI=1S/2C5H10O3.C5H8O3/c3*1-4(6)3-5(7)8-2/h2*4,6H,3H2,1-2H3;3H2,1-2H3. The van der Waals surface area contributed by atoms with Gasteiger partial charge >= 0.3 is 17.9 Å². The molecule has 142 valence electrons. The van der Waals surface area contributed by atoms with Crippen LogP contribution in [0.2, 0.25) is 0 Å². The maximum Gasteiger partial charge on any atom is 0.313 e. The van der Waals surface area contributed by atoms with E-state index in [9.17, 15) is 19.2 Å². The molecule has 0 saturated carbocycles. The third kappa shape index (κ3) is 28.2. The van der Waals surface area contributed by atoms with E-state index < -0.39 is 18.2 Å². The Morgan fingerprint density at radius 3 is 1.12 bits per heavy atom. The van der Waals surface area contributed by atoms with E-state index >= 15 is 0 Å². The molecule has 0 saturated heterocycles. The SMILES string of the molecule is COC(=O)CC(C)=O.COC(=O)CC(C)O.COC(=O)CC(C)O. The van der Waals surface area contributed by atoms with E-state index in [1.54, 1.807) is 0 Å². The Labute approximate surface area is 141 Å². The minimum atomic E-state index is -0.595. The number of aliphatic hydroxyl groups excluding tert-OH is 2. The maximum atomic E-state index is 10.2. The second kappa shape index (κ2) is 17.4. The molecule has 2 N–H and O–H groups in total. The molecule has 2 unspecified atom stereocenters. The second-order valence-corrected chi connectivity index (χ2v) is 4.71. The number of methoxy groups -OCH3 is 3. The van der Waals surface area contributed by atoms with Crippen molar-refractivity contribution in [2.75, 3.05) is 21.3 Å². The van der Waals surface area contributed by atoms with Crippen molar-refractivity contribution in [3.63, 3.8) is 0 Å². The monoisotopic (exact) mass is 352 g/mol. The second-order valence-electron chi connectivity index (χ2n) is 4.71. The molecule has 0 aliphatic carbocycles. The zero-order chi connectivity index (χ0) is 19.7. The largest absolute Gasteiger partial charge is 0.469 e. The molecule has 0 heterocycles. The van der Waals surface area contributed by atoms with Gasteiger partial charge in [-0.25, -0.2) is 0 Å². The fraction of sp³-hybridized carbons (Fsp3) is 0.733. The molecule has 0 aromatic heterocycles. The molecule has 0 aliphatic rings. The molecule has 0 spiro atoms. The van der Waals surface area contributed by atoms with Crippen molar-refractivity contribution >= 4 is 23.7 Å².